The first-order valence-corrected chi connectivity index (χ1v) is 14.1. The van der Waals surface area contributed by atoms with Crippen molar-refractivity contribution >= 4 is 12.1 Å². The van der Waals surface area contributed by atoms with Crippen molar-refractivity contribution < 1.29 is 19.2 Å². The van der Waals surface area contributed by atoms with Crippen molar-refractivity contribution in [2.75, 3.05) is 20.3 Å². The summed E-state index contributed by atoms with van der Waals surface area (Å²) in [7, 11) is 1.64. The van der Waals surface area contributed by atoms with Crippen LogP contribution in [-0.2, 0) is 9.53 Å². The van der Waals surface area contributed by atoms with Gasteiger partial charge in [-0.15, -0.1) is 0 Å². The Morgan fingerprint density at radius 3 is 2.13 bits per heavy atom. The monoisotopic (exact) mass is 530 g/mol. The van der Waals surface area contributed by atoms with E-state index in [1.165, 1.54) is 32.1 Å². The molecule has 2 aromatic carbocycles. The van der Waals surface area contributed by atoms with Gasteiger partial charge in [-0.25, -0.2) is 0 Å². The molecule has 2 aromatic rings. The van der Waals surface area contributed by atoms with E-state index in [4.69, 9.17) is 9.47 Å². The Kier molecular flexibility index (Phi) is 20.4. The van der Waals surface area contributed by atoms with Gasteiger partial charge in [-0.2, -0.15) is 0 Å². The lowest BCUT2D eigenvalue weighted by Gasteiger charge is -2.15. The molecule has 0 radical (unpaired) electrons. The molecule has 0 saturated carbocycles. The number of nitro benzene ring substituents is 1. The number of carbonyl (C=O) groups is 1. The molecular weight excluding hydrogens is 480 g/mol. The molecule has 0 heterocycles. The molecule has 2 rings (SSSR count). The minimum absolute atomic E-state index is 0.0962. The smallest absolute Gasteiger partial charge is 0.275 e. The highest BCUT2D eigenvalue weighted by molar-refractivity contribution is 5.69. The molecule has 0 bridgehead atoms. The number of unbranched alkanes of at least 4 members (excludes halogenated alkanes) is 6. The first-order valence-electron chi connectivity index (χ1n) is 14.1. The number of methoxy groups -OCH3 is 1. The molecule has 0 aliphatic rings. The van der Waals surface area contributed by atoms with E-state index >= 15 is 0 Å². The van der Waals surface area contributed by atoms with Crippen LogP contribution >= 0.6 is 0 Å². The Morgan fingerprint density at radius 1 is 0.947 bits per heavy atom. The van der Waals surface area contributed by atoms with E-state index in [1.807, 2.05) is 52.0 Å². The second-order valence-electron chi connectivity index (χ2n) is 8.92. The Balaban J connectivity index is 0.00000105. The van der Waals surface area contributed by atoms with Crippen LogP contribution in [0.25, 0.3) is 11.1 Å². The van der Waals surface area contributed by atoms with Gasteiger partial charge in [0.05, 0.1) is 23.7 Å². The highest BCUT2D eigenvalue weighted by Crippen LogP contribution is 2.34. The van der Waals surface area contributed by atoms with Gasteiger partial charge in [0.15, 0.2) is 0 Å². The summed E-state index contributed by atoms with van der Waals surface area (Å²) in [4.78, 5) is 20.8. The average molecular weight is 531 g/mol. The molecule has 214 valence electrons. The van der Waals surface area contributed by atoms with Crippen LogP contribution in [0.3, 0.4) is 0 Å². The molecule has 0 spiro atoms. The average Bonchev–Trinajstić information content (AvgIpc) is 2.94. The Labute approximate surface area is 230 Å². The van der Waals surface area contributed by atoms with Crippen molar-refractivity contribution in [2.45, 2.75) is 99.0 Å². The van der Waals surface area contributed by atoms with Crippen molar-refractivity contribution in [3.05, 3.63) is 57.6 Å². The quantitative estimate of drug-likeness (QED) is 0.102. The van der Waals surface area contributed by atoms with E-state index < -0.39 is 0 Å². The highest BCUT2D eigenvalue weighted by Gasteiger charge is 2.20. The van der Waals surface area contributed by atoms with Crippen LogP contribution in [0.5, 0.6) is 5.75 Å². The van der Waals surface area contributed by atoms with Crippen molar-refractivity contribution in [3.63, 3.8) is 0 Å². The minimum atomic E-state index is -0.341. The summed E-state index contributed by atoms with van der Waals surface area (Å²) in [6.07, 6.45) is 9.75. The molecule has 1 atom stereocenters. The number of hydrogen-bond acceptors (Lipinski definition) is 5. The standard InChI is InChI=1S/C22H29NO4.C7H15NO.C2H6/c1-5-6-7-8-13-27-17(3)20-14-18(11-12-21(20)23(24)25)19-10-9-16(2)22(15-19)26-4;1-2-3-4-5-6-8-7-9;1-2/h9-12,14-15,17H,5-8,13H2,1-4H3;7H,2-6H2,1H3,(H,8,9);1-2H3. The first kappa shape index (κ1) is 35.1. The molecule has 1 amide bonds. The van der Waals surface area contributed by atoms with Crippen LogP contribution in [0.2, 0.25) is 0 Å². The summed E-state index contributed by atoms with van der Waals surface area (Å²) in [5.74, 6) is 0.799. The zero-order chi connectivity index (χ0) is 28.8. The summed E-state index contributed by atoms with van der Waals surface area (Å²) in [5, 5.41) is 14.1. The number of nitrogens with one attached hydrogen (secondary N) is 1. The van der Waals surface area contributed by atoms with Crippen molar-refractivity contribution in [3.8, 4) is 16.9 Å². The molecule has 1 N–H and O–H groups in total. The molecule has 0 saturated heterocycles. The zero-order valence-corrected chi connectivity index (χ0v) is 24.7. The Bertz CT molecular complexity index is 917. The second-order valence-corrected chi connectivity index (χ2v) is 8.92. The molecule has 7 heteroatoms. The van der Waals surface area contributed by atoms with E-state index in [0.717, 1.165) is 54.7 Å². The molecular formula is C31H50N2O5. The number of nitrogens with zero attached hydrogens (tertiary/aromatic N) is 1. The summed E-state index contributed by atoms with van der Waals surface area (Å²) in [5.41, 5.74) is 3.62. The van der Waals surface area contributed by atoms with Gasteiger partial charge in [-0.1, -0.05) is 78.4 Å². The number of amides is 1. The Hall–Kier alpha value is -2.93. The number of aryl methyl sites for hydroxylation is 1. The van der Waals surface area contributed by atoms with Gasteiger partial charge in [0, 0.05) is 19.2 Å². The van der Waals surface area contributed by atoms with Gasteiger partial charge in [0.1, 0.15) is 5.75 Å². The van der Waals surface area contributed by atoms with Gasteiger partial charge >= 0.3 is 0 Å². The summed E-state index contributed by atoms with van der Waals surface area (Å²) in [6.45, 7) is 13.6. The molecule has 0 aliphatic carbocycles. The maximum absolute atomic E-state index is 11.5. The number of hydrogen-bond donors (Lipinski definition) is 1. The molecule has 0 aromatic heterocycles. The lowest BCUT2D eigenvalue weighted by Crippen LogP contribution is -2.11. The van der Waals surface area contributed by atoms with E-state index in [9.17, 15) is 14.9 Å². The fourth-order valence-corrected chi connectivity index (χ4v) is 3.82. The first-order chi connectivity index (χ1) is 18.4. The van der Waals surface area contributed by atoms with Crippen LogP contribution in [-0.4, -0.2) is 31.6 Å². The lowest BCUT2D eigenvalue weighted by atomic mass is 9.98. The second kappa shape index (κ2) is 22.1. The van der Waals surface area contributed by atoms with Crippen LogP contribution in [0.15, 0.2) is 36.4 Å². The highest BCUT2D eigenvalue weighted by atomic mass is 16.6. The number of benzene rings is 2. The van der Waals surface area contributed by atoms with Crippen LogP contribution in [0.4, 0.5) is 5.69 Å². The summed E-state index contributed by atoms with van der Waals surface area (Å²) >= 11 is 0. The maximum Gasteiger partial charge on any atom is 0.275 e. The van der Waals surface area contributed by atoms with Gasteiger partial charge in [0.25, 0.3) is 5.69 Å². The summed E-state index contributed by atoms with van der Waals surface area (Å²) < 4.78 is 11.3. The van der Waals surface area contributed by atoms with Crippen molar-refractivity contribution in [1.29, 1.82) is 0 Å². The number of carbonyl (C=O) groups excluding carboxylic acids is 1. The SMILES string of the molecule is CC.CCCCCCNC=O.CCCCCCOC(C)c1cc(-c2ccc(C)c(OC)c2)ccc1[N+](=O)[O-]. The van der Waals surface area contributed by atoms with Crippen LogP contribution < -0.4 is 10.1 Å². The Morgan fingerprint density at radius 2 is 1.55 bits per heavy atom. The largest absolute Gasteiger partial charge is 0.496 e. The van der Waals surface area contributed by atoms with Crippen LogP contribution in [0.1, 0.15) is 103 Å². The fraction of sp³-hybridized carbons (Fsp3) is 0.581. The topological polar surface area (TPSA) is 90.7 Å². The molecule has 7 nitrogen and oxygen atoms in total. The zero-order valence-electron chi connectivity index (χ0n) is 24.7. The predicted molar refractivity (Wildman–Crippen MR) is 158 cm³/mol. The van der Waals surface area contributed by atoms with E-state index in [0.29, 0.717) is 12.2 Å². The lowest BCUT2D eigenvalue weighted by molar-refractivity contribution is -0.386. The van der Waals surface area contributed by atoms with E-state index in [-0.39, 0.29) is 16.7 Å². The van der Waals surface area contributed by atoms with Crippen LogP contribution in [0, 0.1) is 17.0 Å². The number of rotatable bonds is 16. The summed E-state index contributed by atoms with van der Waals surface area (Å²) in [6, 6.07) is 11.1. The molecule has 0 aliphatic heterocycles. The number of nitro groups is 1. The van der Waals surface area contributed by atoms with Gasteiger partial charge in [-0.3, -0.25) is 14.9 Å². The normalized spacial score (nSPS) is 10.8. The third kappa shape index (κ3) is 13.6. The molecule has 38 heavy (non-hydrogen) atoms. The van der Waals surface area contributed by atoms with E-state index in [2.05, 4.69) is 19.2 Å². The third-order valence-electron chi connectivity index (χ3n) is 6.03. The molecule has 1 unspecified atom stereocenters. The van der Waals surface area contributed by atoms with Crippen molar-refractivity contribution in [1.82, 2.24) is 5.32 Å². The van der Waals surface area contributed by atoms with Gasteiger partial charge in [0.2, 0.25) is 6.41 Å². The van der Waals surface area contributed by atoms with E-state index in [1.54, 1.807) is 19.2 Å². The third-order valence-corrected chi connectivity index (χ3v) is 6.03. The molecule has 0 fully saturated rings. The van der Waals surface area contributed by atoms with Gasteiger partial charge < -0.3 is 14.8 Å². The number of ether oxygens (including phenoxy) is 2. The van der Waals surface area contributed by atoms with Gasteiger partial charge in [-0.05, 0) is 61.6 Å². The predicted octanol–water partition coefficient (Wildman–Crippen LogP) is 8.58. The van der Waals surface area contributed by atoms with Crippen molar-refractivity contribution in [2.24, 2.45) is 0 Å². The maximum atomic E-state index is 11.5. The fourth-order valence-electron chi connectivity index (χ4n) is 3.82. The minimum Gasteiger partial charge on any atom is -0.496 e.